The number of nitro groups is 1. The van der Waals surface area contributed by atoms with E-state index >= 15 is 0 Å². The third-order valence-corrected chi connectivity index (χ3v) is 3.48. The van der Waals surface area contributed by atoms with Crippen molar-refractivity contribution in [2.45, 2.75) is 31.8 Å². The molecule has 1 aromatic rings. The number of Topliss-reactive ketones (excluding diaryl/α,β-unsaturated/α-hetero) is 1. The maximum atomic E-state index is 11.9. The fraction of sp³-hybridized carbons (Fsp3) is 0.400. The zero-order valence-corrected chi connectivity index (χ0v) is 12.3. The number of carbonyl (C=O) groups is 3. The summed E-state index contributed by atoms with van der Waals surface area (Å²) in [4.78, 5) is 45.2. The fourth-order valence-electron chi connectivity index (χ4n) is 2.29. The molecule has 0 radical (unpaired) electrons. The van der Waals surface area contributed by atoms with Gasteiger partial charge in [-0.1, -0.05) is 6.07 Å². The molecule has 0 heterocycles. The molecule has 23 heavy (non-hydrogen) atoms. The molecule has 1 aliphatic rings. The van der Waals surface area contributed by atoms with Crippen LogP contribution in [-0.2, 0) is 14.3 Å². The second kappa shape index (κ2) is 7.48. The Kier molecular flexibility index (Phi) is 5.40. The number of esters is 1. The van der Waals surface area contributed by atoms with Crippen LogP contribution in [0.3, 0.4) is 0 Å². The average Bonchev–Trinajstić information content (AvgIpc) is 2.55. The number of benzene rings is 1. The molecule has 0 spiro atoms. The minimum absolute atomic E-state index is 0.0701. The smallest absolute Gasteiger partial charge is 0.326 e. The van der Waals surface area contributed by atoms with Crippen LogP contribution in [0.4, 0.5) is 5.69 Å². The third kappa shape index (κ3) is 4.60. The van der Waals surface area contributed by atoms with Crippen molar-refractivity contribution in [2.24, 2.45) is 0 Å². The number of ketones is 1. The second-order valence-electron chi connectivity index (χ2n) is 5.18. The average molecular weight is 320 g/mol. The number of rotatable bonds is 5. The van der Waals surface area contributed by atoms with Gasteiger partial charge in [0, 0.05) is 24.1 Å². The van der Waals surface area contributed by atoms with Gasteiger partial charge in [-0.15, -0.1) is 0 Å². The summed E-state index contributed by atoms with van der Waals surface area (Å²) >= 11 is 0. The van der Waals surface area contributed by atoms with Gasteiger partial charge in [-0.05, 0) is 25.3 Å². The number of hydrogen-bond donors (Lipinski definition) is 1. The molecule has 0 aliphatic heterocycles. The minimum atomic E-state index is -0.731. The number of nitro benzene ring substituents is 1. The Labute approximate surface area is 132 Å². The zero-order valence-electron chi connectivity index (χ0n) is 12.3. The largest absolute Gasteiger partial charge is 0.453 e. The molecule has 0 aromatic heterocycles. The van der Waals surface area contributed by atoms with Crippen LogP contribution in [0.2, 0.25) is 0 Å². The van der Waals surface area contributed by atoms with E-state index in [9.17, 15) is 24.5 Å². The molecule has 1 saturated carbocycles. The van der Waals surface area contributed by atoms with Gasteiger partial charge in [0.15, 0.2) is 11.9 Å². The molecule has 1 N–H and O–H groups in total. The van der Waals surface area contributed by atoms with E-state index < -0.39 is 29.4 Å². The number of nitrogens with one attached hydrogen (secondary N) is 1. The number of nitrogens with zero attached hydrogens (tertiary/aromatic N) is 1. The molecule has 0 bridgehead atoms. The summed E-state index contributed by atoms with van der Waals surface area (Å²) in [6.45, 7) is -0.398. The lowest BCUT2D eigenvalue weighted by atomic mass is 9.96. The first kappa shape index (κ1) is 16.6. The van der Waals surface area contributed by atoms with Crippen molar-refractivity contribution in [3.63, 3.8) is 0 Å². The Morgan fingerprint density at radius 2 is 2.13 bits per heavy atom. The molecule has 1 fully saturated rings. The molecule has 8 nitrogen and oxygen atoms in total. The highest BCUT2D eigenvalue weighted by atomic mass is 16.6. The van der Waals surface area contributed by atoms with E-state index in [2.05, 4.69) is 5.32 Å². The Bertz CT molecular complexity index is 643. The third-order valence-electron chi connectivity index (χ3n) is 3.48. The van der Waals surface area contributed by atoms with Crippen molar-refractivity contribution >= 4 is 23.3 Å². The first-order valence-electron chi connectivity index (χ1n) is 7.22. The highest BCUT2D eigenvalue weighted by Gasteiger charge is 2.25. The summed E-state index contributed by atoms with van der Waals surface area (Å²) in [7, 11) is 0. The summed E-state index contributed by atoms with van der Waals surface area (Å²) in [6, 6.07) is 5.16. The Balaban J connectivity index is 1.86. The van der Waals surface area contributed by atoms with Gasteiger partial charge < -0.3 is 10.1 Å². The summed E-state index contributed by atoms with van der Waals surface area (Å²) < 4.78 is 5.04. The normalized spacial score (nSPS) is 17.4. The van der Waals surface area contributed by atoms with Crippen LogP contribution in [-0.4, -0.2) is 35.2 Å². The van der Waals surface area contributed by atoms with E-state index in [1.54, 1.807) is 0 Å². The minimum Gasteiger partial charge on any atom is -0.453 e. The van der Waals surface area contributed by atoms with Gasteiger partial charge in [0.1, 0.15) is 6.54 Å². The highest BCUT2D eigenvalue weighted by Crippen LogP contribution is 2.17. The van der Waals surface area contributed by atoms with E-state index in [1.807, 2.05) is 0 Å². The molecule has 0 unspecified atom stereocenters. The molecule has 1 aromatic carbocycles. The van der Waals surface area contributed by atoms with E-state index in [-0.39, 0.29) is 17.0 Å². The molecule has 122 valence electrons. The monoisotopic (exact) mass is 320 g/mol. The van der Waals surface area contributed by atoms with Gasteiger partial charge in [-0.3, -0.25) is 24.5 Å². The maximum Gasteiger partial charge on any atom is 0.326 e. The lowest BCUT2D eigenvalue weighted by molar-refractivity contribution is -0.384. The van der Waals surface area contributed by atoms with Crippen LogP contribution in [0.25, 0.3) is 0 Å². The van der Waals surface area contributed by atoms with Crippen LogP contribution in [0, 0.1) is 10.1 Å². The van der Waals surface area contributed by atoms with Crippen molar-refractivity contribution in [3.05, 3.63) is 39.9 Å². The van der Waals surface area contributed by atoms with Gasteiger partial charge >= 0.3 is 5.97 Å². The van der Waals surface area contributed by atoms with Gasteiger partial charge in [0.25, 0.3) is 11.6 Å². The van der Waals surface area contributed by atoms with E-state index in [0.29, 0.717) is 12.8 Å². The standard InChI is InChI=1S/C15H16N2O6/c18-12-6-1-2-7-13(12)23-14(19)9-16-15(20)10-4-3-5-11(8-10)17(21)22/h3-5,8,13H,1-2,6-7,9H2,(H,16,20)/t13-/m1/s1. The van der Waals surface area contributed by atoms with Gasteiger partial charge in [0.2, 0.25) is 0 Å². The first-order chi connectivity index (χ1) is 11.0. The number of non-ortho nitro benzene ring substituents is 1. The molecule has 1 amide bonds. The Morgan fingerprint density at radius 3 is 2.83 bits per heavy atom. The SMILES string of the molecule is O=C(CNC(=O)c1cccc([N+](=O)[O-])c1)O[C@@H]1CCCCC1=O. The Hall–Kier alpha value is -2.77. The van der Waals surface area contributed by atoms with Crippen molar-refractivity contribution < 1.29 is 24.0 Å². The molecular formula is C15H16N2O6. The van der Waals surface area contributed by atoms with Crippen LogP contribution >= 0.6 is 0 Å². The second-order valence-corrected chi connectivity index (χ2v) is 5.18. The quantitative estimate of drug-likeness (QED) is 0.498. The van der Waals surface area contributed by atoms with Crippen LogP contribution in [0.5, 0.6) is 0 Å². The summed E-state index contributed by atoms with van der Waals surface area (Å²) in [5.74, 6) is -1.43. The topological polar surface area (TPSA) is 116 Å². The molecule has 2 rings (SSSR count). The van der Waals surface area contributed by atoms with E-state index in [0.717, 1.165) is 18.9 Å². The van der Waals surface area contributed by atoms with Crippen molar-refractivity contribution in [1.82, 2.24) is 5.32 Å². The zero-order chi connectivity index (χ0) is 16.8. The van der Waals surface area contributed by atoms with E-state index in [1.165, 1.54) is 18.2 Å². The lowest BCUT2D eigenvalue weighted by Crippen LogP contribution is -2.36. The predicted molar refractivity (Wildman–Crippen MR) is 78.8 cm³/mol. The maximum absolute atomic E-state index is 11.9. The Morgan fingerprint density at radius 1 is 1.35 bits per heavy atom. The highest BCUT2D eigenvalue weighted by molar-refractivity contribution is 5.96. The van der Waals surface area contributed by atoms with E-state index in [4.69, 9.17) is 4.74 Å². The van der Waals surface area contributed by atoms with Crippen molar-refractivity contribution in [1.29, 1.82) is 0 Å². The lowest BCUT2D eigenvalue weighted by Gasteiger charge is -2.20. The predicted octanol–water partition coefficient (Wildman–Crippen LogP) is 1.38. The van der Waals surface area contributed by atoms with Crippen LogP contribution in [0.1, 0.15) is 36.0 Å². The number of ether oxygens (including phenoxy) is 1. The molecule has 0 saturated heterocycles. The summed E-state index contributed by atoms with van der Waals surface area (Å²) in [6.07, 6.45) is 1.80. The number of carbonyl (C=O) groups excluding carboxylic acids is 3. The molecular weight excluding hydrogens is 304 g/mol. The van der Waals surface area contributed by atoms with Crippen molar-refractivity contribution in [2.75, 3.05) is 6.54 Å². The van der Waals surface area contributed by atoms with Gasteiger partial charge in [-0.25, -0.2) is 0 Å². The van der Waals surface area contributed by atoms with Crippen molar-refractivity contribution in [3.8, 4) is 0 Å². The molecule has 1 aliphatic carbocycles. The summed E-state index contributed by atoms with van der Waals surface area (Å²) in [5, 5.41) is 13.0. The first-order valence-corrected chi connectivity index (χ1v) is 7.22. The fourth-order valence-corrected chi connectivity index (χ4v) is 2.29. The van der Waals surface area contributed by atoms with Gasteiger partial charge in [-0.2, -0.15) is 0 Å². The van der Waals surface area contributed by atoms with Gasteiger partial charge in [0.05, 0.1) is 4.92 Å². The number of hydrogen-bond acceptors (Lipinski definition) is 6. The molecule has 8 heteroatoms. The molecule has 1 atom stereocenters. The number of amides is 1. The summed E-state index contributed by atoms with van der Waals surface area (Å²) in [5.41, 5.74) is -0.145. The van der Waals surface area contributed by atoms with Crippen LogP contribution in [0.15, 0.2) is 24.3 Å². The van der Waals surface area contributed by atoms with Crippen LogP contribution < -0.4 is 5.32 Å².